The third kappa shape index (κ3) is 2.40. The zero-order valence-electron chi connectivity index (χ0n) is 13.6. The van der Waals surface area contributed by atoms with Gasteiger partial charge < -0.3 is 4.42 Å². The lowest BCUT2D eigenvalue weighted by molar-refractivity contribution is 0.592. The van der Waals surface area contributed by atoms with E-state index in [0.29, 0.717) is 0 Å². The maximum Gasteiger partial charge on any atom is 0.134 e. The first-order chi connectivity index (χ1) is 11.0. The van der Waals surface area contributed by atoms with E-state index >= 15 is 0 Å². The molecule has 114 valence electrons. The monoisotopic (exact) mass is 301 g/mol. The minimum atomic E-state index is 0.0506. The maximum atomic E-state index is 5.68. The maximum absolute atomic E-state index is 5.68. The second-order valence-electron chi connectivity index (χ2n) is 7.00. The fourth-order valence-corrected chi connectivity index (χ4v) is 3.07. The largest absolute Gasteiger partial charge is 0.464 e. The molecule has 0 amide bonds. The lowest BCUT2D eigenvalue weighted by atomic mass is 9.83. The van der Waals surface area contributed by atoms with Crippen LogP contribution < -0.4 is 0 Å². The van der Waals surface area contributed by atoms with Crippen LogP contribution in [0.1, 0.15) is 26.3 Å². The van der Waals surface area contributed by atoms with Crippen LogP contribution in [0.2, 0.25) is 0 Å². The summed E-state index contributed by atoms with van der Waals surface area (Å²) in [6.45, 7) is 6.69. The van der Waals surface area contributed by atoms with Crippen molar-refractivity contribution >= 4 is 21.9 Å². The highest BCUT2D eigenvalue weighted by Gasteiger charge is 2.19. The minimum Gasteiger partial charge on any atom is -0.464 e. The Bertz CT molecular complexity index is 1010. The van der Waals surface area contributed by atoms with Crippen LogP contribution in [0.25, 0.3) is 33.1 Å². The number of hydrogen-bond donors (Lipinski definition) is 0. The van der Waals surface area contributed by atoms with Crippen LogP contribution >= 0.6 is 0 Å². The number of fused-ring (bicyclic) bond motifs is 2. The molecule has 0 saturated carbocycles. The molecule has 0 aliphatic carbocycles. The fraction of sp³-hybridized carbons (Fsp3) is 0.190. The molecule has 2 aromatic carbocycles. The highest BCUT2D eigenvalue weighted by Crippen LogP contribution is 2.35. The van der Waals surface area contributed by atoms with Crippen molar-refractivity contribution in [2.24, 2.45) is 0 Å². The number of benzene rings is 2. The molecule has 0 unspecified atom stereocenters. The number of furan rings is 1. The van der Waals surface area contributed by atoms with Crippen LogP contribution in [0.5, 0.6) is 0 Å². The summed E-state index contributed by atoms with van der Waals surface area (Å²) in [5, 5.41) is 2.34. The quantitative estimate of drug-likeness (QED) is 0.434. The minimum absolute atomic E-state index is 0.0506. The molecule has 0 bridgehead atoms. The number of para-hydroxylation sites is 1. The number of hydrogen-bond acceptors (Lipinski definition) is 2. The molecule has 2 nitrogen and oxygen atoms in total. The molecule has 0 spiro atoms. The third-order valence-electron chi connectivity index (χ3n) is 4.27. The summed E-state index contributed by atoms with van der Waals surface area (Å²) >= 11 is 0. The zero-order valence-corrected chi connectivity index (χ0v) is 13.6. The Morgan fingerprint density at radius 3 is 2.57 bits per heavy atom. The summed E-state index contributed by atoms with van der Waals surface area (Å²) in [4.78, 5) is 4.82. The van der Waals surface area contributed by atoms with E-state index < -0.39 is 0 Å². The molecule has 2 heteroatoms. The van der Waals surface area contributed by atoms with E-state index in [1.165, 1.54) is 10.9 Å². The van der Waals surface area contributed by atoms with Crippen molar-refractivity contribution in [3.05, 3.63) is 66.4 Å². The van der Waals surface area contributed by atoms with Gasteiger partial charge in [0.1, 0.15) is 5.58 Å². The lowest BCUT2D eigenvalue weighted by Crippen LogP contribution is -2.11. The van der Waals surface area contributed by atoms with E-state index in [1.807, 2.05) is 18.2 Å². The van der Waals surface area contributed by atoms with Gasteiger partial charge in [-0.1, -0.05) is 45.0 Å². The number of aromatic nitrogens is 1. The first kappa shape index (κ1) is 14.0. The second-order valence-corrected chi connectivity index (χ2v) is 7.00. The summed E-state index contributed by atoms with van der Waals surface area (Å²) < 4.78 is 5.68. The van der Waals surface area contributed by atoms with E-state index in [4.69, 9.17) is 9.40 Å². The zero-order chi connectivity index (χ0) is 16.0. The lowest BCUT2D eigenvalue weighted by Gasteiger charge is -2.21. The van der Waals surface area contributed by atoms with Crippen molar-refractivity contribution < 1.29 is 4.42 Å². The Hall–Kier alpha value is -2.61. The molecule has 0 aliphatic heterocycles. The van der Waals surface area contributed by atoms with Gasteiger partial charge in [0, 0.05) is 16.3 Å². The smallest absolute Gasteiger partial charge is 0.134 e. The topological polar surface area (TPSA) is 26.0 Å². The number of nitrogens with zero attached hydrogens (tertiary/aromatic N) is 1. The van der Waals surface area contributed by atoms with Crippen molar-refractivity contribution in [3.63, 3.8) is 0 Å². The molecule has 23 heavy (non-hydrogen) atoms. The molecule has 2 heterocycles. The standard InChI is InChI=1S/C21H19NO/c1-21(2,3)17-12-15(13-20-16(17)10-11-23-20)19-9-8-14-6-4-5-7-18(14)22-19/h4-13H,1-3H3. The molecule has 0 atom stereocenters. The molecule has 4 aromatic rings. The van der Waals surface area contributed by atoms with Crippen LogP contribution in [0.15, 0.2) is 65.3 Å². The van der Waals surface area contributed by atoms with Gasteiger partial charge in [-0.15, -0.1) is 0 Å². The second kappa shape index (κ2) is 4.95. The Labute approximate surface area is 135 Å². The van der Waals surface area contributed by atoms with Gasteiger partial charge in [-0.05, 0) is 41.3 Å². The fourth-order valence-electron chi connectivity index (χ4n) is 3.07. The summed E-state index contributed by atoms with van der Waals surface area (Å²) in [6, 6.07) is 18.8. The number of pyridine rings is 1. The van der Waals surface area contributed by atoms with Gasteiger partial charge in [0.15, 0.2) is 0 Å². The van der Waals surface area contributed by atoms with Gasteiger partial charge in [-0.3, -0.25) is 0 Å². The Morgan fingerprint density at radius 1 is 0.913 bits per heavy atom. The molecular weight excluding hydrogens is 282 g/mol. The molecule has 2 aromatic heterocycles. The molecule has 0 N–H and O–H groups in total. The highest BCUT2D eigenvalue weighted by molar-refractivity contribution is 5.88. The van der Waals surface area contributed by atoms with E-state index in [2.05, 4.69) is 57.2 Å². The molecule has 4 rings (SSSR count). The van der Waals surface area contributed by atoms with Gasteiger partial charge in [-0.2, -0.15) is 0 Å². The molecule has 0 radical (unpaired) electrons. The average molecular weight is 301 g/mol. The Kier molecular flexibility index (Phi) is 3.02. The van der Waals surface area contributed by atoms with Gasteiger partial charge in [0.25, 0.3) is 0 Å². The van der Waals surface area contributed by atoms with Crippen molar-refractivity contribution in [2.45, 2.75) is 26.2 Å². The summed E-state index contributed by atoms with van der Waals surface area (Å²) in [5.41, 5.74) is 5.35. The van der Waals surface area contributed by atoms with Crippen molar-refractivity contribution in [2.75, 3.05) is 0 Å². The molecule has 0 aliphatic rings. The summed E-state index contributed by atoms with van der Waals surface area (Å²) in [7, 11) is 0. The average Bonchev–Trinajstić information content (AvgIpc) is 3.00. The van der Waals surface area contributed by atoms with Gasteiger partial charge in [0.05, 0.1) is 17.5 Å². The van der Waals surface area contributed by atoms with Crippen LogP contribution in [0, 0.1) is 0 Å². The van der Waals surface area contributed by atoms with E-state index in [-0.39, 0.29) is 5.41 Å². The molecular formula is C21H19NO. The van der Waals surface area contributed by atoms with Gasteiger partial charge in [0.2, 0.25) is 0 Å². The van der Waals surface area contributed by atoms with Crippen molar-refractivity contribution in [1.82, 2.24) is 4.98 Å². The Morgan fingerprint density at radius 2 is 1.74 bits per heavy atom. The Balaban J connectivity index is 1.96. The van der Waals surface area contributed by atoms with Gasteiger partial charge in [-0.25, -0.2) is 4.98 Å². The molecule has 0 fully saturated rings. The molecule has 0 saturated heterocycles. The van der Waals surface area contributed by atoms with Crippen LogP contribution in [0.4, 0.5) is 0 Å². The van der Waals surface area contributed by atoms with Crippen molar-refractivity contribution in [1.29, 1.82) is 0 Å². The van der Waals surface area contributed by atoms with Gasteiger partial charge >= 0.3 is 0 Å². The predicted octanol–water partition coefficient (Wildman–Crippen LogP) is 5.95. The van der Waals surface area contributed by atoms with Crippen LogP contribution in [0.3, 0.4) is 0 Å². The van der Waals surface area contributed by atoms with Crippen LogP contribution in [-0.2, 0) is 5.41 Å². The van der Waals surface area contributed by atoms with Crippen molar-refractivity contribution in [3.8, 4) is 11.3 Å². The summed E-state index contributed by atoms with van der Waals surface area (Å²) in [6.07, 6.45) is 1.76. The van der Waals surface area contributed by atoms with Crippen LogP contribution in [-0.4, -0.2) is 4.98 Å². The first-order valence-corrected chi connectivity index (χ1v) is 7.90. The summed E-state index contributed by atoms with van der Waals surface area (Å²) in [5.74, 6) is 0. The number of rotatable bonds is 1. The predicted molar refractivity (Wildman–Crippen MR) is 95.7 cm³/mol. The van der Waals surface area contributed by atoms with E-state index in [1.54, 1.807) is 6.26 Å². The highest BCUT2D eigenvalue weighted by atomic mass is 16.3. The van der Waals surface area contributed by atoms with E-state index in [0.717, 1.165) is 27.7 Å². The van der Waals surface area contributed by atoms with E-state index in [9.17, 15) is 0 Å². The SMILES string of the molecule is CC(C)(C)c1cc(-c2ccc3ccccc3n2)cc2occc12. The third-order valence-corrected chi connectivity index (χ3v) is 4.27. The normalized spacial score (nSPS) is 12.1. The first-order valence-electron chi connectivity index (χ1n) is 7.90.